The molecule has 1 amide bonds. The van der Waals surface area contributed by atoms with Crippen LogP contribution in [0.25, 0.3) is 0 Å². The molecule has 0 fully saturated rings. The largest absolute Gasteiger partial charge is 0.497 e. The number of hydrogen-bond acceptors (Lipinski definition) is 5. The number of benzene rings is 3. The highest BCUT2D eigenvalue weighted by Crippen LogP contribution is 2.23. The molecule has 0 saturated heterocycles. The highest BCUT2D eigenvalue weighted by Gasteiger charge is 2.20. The number of rotatable bonds is 10. The molecule has 35 heavy (non-hydrogen) atoms. The van der Waals surface area contributed by atoms with Gasteiger partial charge in [0.2, 0.25) is 10.0 Å². The topological polar surface area (TPSA) is 96.5 Å². The first-order valence-corrected chi connectivity index (χ1v) is 12.7. The van der Waals surface area contributed by atoms with Gasteiger partial charge in [0.05, 0.1) is 18.0 Å². The Kier molecular flexibility index (Phi) is 8.48. The molecule has 3 aromatic carbocycles. The zero-order valence-electron chi connectivity index (χ0n) is 20.1. The van der Waals surface area contributed by atoms with Crippen molar-refractivity contribution in [3.05, 3.63) is 89.2 Å². The second-order valence-corrected chi connectivity index (χ2v) is 10.2. The number of hydrogen-bond donors (Lipinski definition) is 3. The first-order valence-electron chi connectivity index (χ1n) is 11.2. The van der Waals surface area contributed by atoms with Crippen molar-refractivity contribution in [2.45, 2.75) is 44.3 Å². The molecule has 3 aromatic rings. The molecule has 0 aliphatic rings. The number of nitrogens with one attached hydrogen (secondary N) is 3. The molecule has 0 aromatic heterocycles. The Morgan fingerprint density at radius 2 is 1.71 bits per heavy atom. The number of carbonyl (C=O) groups excluding carboxylic acids is 1. The fraction of sp³-hybridized carbons (Fsp3) is 0.269. The summed E-state index contributed by atoms with van der Waals surface area (Å²) in [5, 5.41) is 5.93. The van der Waals surface area contributed by atoms with Crippen LogP contribution in [0.15, 0.2) is 71.6 Å². The highest BCUT2D eigenvalue weighted by atomic mass is 32.2. The van der Waals surface area contributed by atoms with Gasteiger partial charge in [-0.1, -0.05) is 30.3 Å². The lowest BCUT2D eigenvalue weighted by atomic mass is 10.1. The maximum Gasteiger partial charge on any atom is 0.251 e. The van der Waals surface area contributed by atoms with Gasteiger partial charge in [0.15, 0.2) is 0 Å². The summed E-state index contributed by atoms with van der Waals surface area (Å²) in [6.45, 7) is 5.32. The van der Waals surface area contributed by atoms with Gasteiger partial charge >= 0.3 is 0 Å². The van der Waals surface area contributed by atoms with Crippen LogP contribution in [0, 0.1) is 5.82 Å². The second-order valence-electron chi connectivity index (χ2n) is 8.44. The molecule has 9 heteroatoms. The maximum atomic E-state index is 14.3. The van der Waals surface area contributed by atoms with Crippen LogP contribution in [0.3, 0.4) is 0 Å². The Labute approximate surface area is 205 Å². The number of sulfonamides is 1. The van der Waals surface area contributed by atoms with Crippen molar-refractivity contribution in [3.63, 3.8) is 0 Å². The number of anilines is 1. The van der Waals surface area contributed by atoms with Gasteiger partial charge in [-0.25, -0.2) is 17.5 Å². The van der Waals surface area contributed by atoms with E-state index in [1.807, 2.05) is 37.3 Å². The molecule has 0 spiro atoms. The standard InChI is InChI=1S/C26H30FN3O4S/c1-17(2)30-35(32,33)24-14-20(26(31)29-18(3)19-8-6-5-7-9-19)12-22(15-24)28-16-21-13-23(34-4)10-11-25(21)27/h5-15,17-18,28,30H,16H2,1-4H3,(H,29,31)/t18-/m0/s1. The van der Waals surface area contributed by atoms with E-state index in [9.17, 15) is 17.6 Å². The Balaban J connectivity index is 1.92. The molecule has 3 N–H and O–H groups in total. The third-order valence-electron chi connectivity index (χ3n) is 5.25. The predicted octanol–water partition coefficient (Wildman–Crippen LogP) is 4.62. The number of carbonyl (C=O) groups is 1. The molecular formula is C26H30FN3O4S. The Hall–Kier alpha value is -3.43. The fourth-order valence-electron chi connectivity index (χ4n) is 3.48. The lowest BCUT2D eigenvalue weighted by molar-refractivity contribution is 0.0939. The Bertz CT molecular complexity index is 1280. The summed E-state index contributed by atoms with van der Waals surface area (Å²) < 4.78 is 47.7. The number of methoxy groups -OCH3 is 1. The smallest absolute Gasteiger partial charge is 0.251 e. The molecule has 0 aliphatic heterocycles. The van der Waals surface area contributed by atoms with Gasteiger partial charge in [0.25, 0.3) is 5.91 Å². The van der Waals surface area contributed by atoms with E-state index in [0.29, 0.717) is 17.0 Å². The third-order valence-corrected chi connectivity index (χ3v) is 6.89. The summed E-state index contributed by atoms with van der Waals surface area (Å²) in [7, 11) is -2.40. The van der Waals surface area contributed by atoms with E-state index in [1.54, 1.807) is 26.0 Å². The van der Waals surface area contributed by atoms with E-state index < -0.39 is 21.7 Å². The van der Waals surface area contributed by atoms with E-state index in [2.05, 4.69) is 15.4 Å². The van der Waals surface area contributed by atoms with Crippen molar-refractivity contribution in [1.29, 1.82) is 0 Å². The lowest BCUT2D eigenvalue weighted by Gasteiger charge is -2.17. The van der Waals surface area contributed by atoms with Crippen molar-refractivity contribution < 1.29 is 22.3 Å². The first-order chi connectivity index (χ1) is 16.6. The summed E-state index contributed by atoms with van der Waals surface area (Å²) in [5.41, 5.74) is 1.77. The molecule has 0 saturated carbocycles. The fourth-order valence-corrected chi connectivity index (χ4v) is 4.80. The summed E-state index contributed by atoms with van der Waals surface area (Å²) in [4.78, 5) is 13.0. The summed E-state index contributed by atoms with van der Waals surface area (Å²) in [6.07, 6.45) is 0. The van der Waals surface area contributed by atoms with Gasteiger partial charge in [-0.05, 0) is 62.7 Å². The predicted molar refractivity (Wildman–Crippen MR) is 135 cm³/mol. The minimum Gasteiger partial charge on any atom is -0.497 e. The first kappa shape index (κ1) is 26.2. The number of halogens is 1. The van der Waals surface area contributed by atoms with Gasteiger partial charge in [0.1, 0.15) is 11.6 Å². The van der Waals surface area contributed by atoms with Crippen LogP contribution >= 0.6 is 0 Å². The van der Waals surface area contributed by atoms with Crippen molar-refractivity contribution in [2.75, 3.05) is 12.4 Å². The zero-order chi connectivity index (χ0) is 25.6. The van der Waals surface area contributed by atoms with E-state index in [0.717, 1.165) is 5.56 Å². The monoisotopic (exact) mass is 499 g/mol. The van der Waals surface area contributed by atoms with Crippen LogP contribution in [-0.4, -0.2) is 27.5 Å². The summed E-state index contributed by atoms with van der Waals surface area (Å²) >= 11 is 0. The molecule has 1 atom stereocenters. The van der Waals surface area contributed by atoms with Crippen molar-refractivity contribution in [3.8, 4) is 5.75 Å². The van der Waals surface area contributed by atoms with Gasteiger partial charge in [-0.15, -0.1) is 0 Å². The Morgan fingerprint density at radius 3 is 2.37 bits per heavy atom. The van der Waals surface area contributed by atoms with Crippen molar-refractivity contribution >= 4 is 21.6 Å². The molecule has 0 heterocycles. The lowest BCUT2D eigenvalue weighted by Crippen LogP contribution is -2.31. The molecule has 0 unspecified atom stereocenters. The molecule has 0 bridgehead atoms. The van der Waals surface area contributed by atoms with Crippen molar-refractivity contribution in [1.82, 2.24) is 10.0 Å². The third kappa shape index (κ3) is 7.03. The average Bonchev–Trinajstić information content (AvgIpc) is 2.83. The van der Waals surface area contributed by atoms with Gasteiger partial charge < -0.3 is 15.4 Å². The minimum atomic E-state index is -3.88. The van der Waals surface area contributed by atoms with Crippen molar-refractivity contribution in [2.24, 2.45) is 0 Å². The van der Waals surface area contributed by atoms with Gasteiger partial charge in [-0.2, -0.15) is 0 Å². The van der Waals surface area contributed by atoms with Crippen LogP contribution in [0.5, 0.6) is 5.75 Å². The summed E-state index contributed by atoms with van der Waals surface area (Å²) in [6, 6.07) is 17.5. The van der Waals surface area contributed by atoms with E-state index in [4.69, 9.17) is 4.74 Å². The van der Waals surface area contributed by atoms with E-state index in [1.165, 1.54) is 31.4 Å². The van der Waals surface area contributed by atoms with Crippen LogP contribution in [0.4, 0.5) is 10.1 Å². The molecule has 186 valence electrons. The zero-order valence-corrected chi connectivity index (χ0v) is 20.9. The average molecular weight is 500 g/mol. The normalized spacial score (nSPS) is 12.3. The number of ether oxygens (including phenoxy) is 1. The molecular weight excluding hydrogens is 469 g/mol. The van der Waals surface area contributed by atoms with Crippen LogP contribution < -0.4 is 20.1 Å². The van der Waals surface area contributed by atoms with Gasteiger partial charge in [-0.3, -0.25) is 4.79 Å². The number of amides is 1. The molecule has 7 nitrogen and oxygen atoms in total. The quantitative estimate of drug-likeness (QED) is 0.378. The SMILES string of the molecule is COc1ccc(F)c(CNc2cc(C(=O)N[C@@H](C)c3ccccc3)cc(S(=O)(=O)NC(C)C)c2)c1. The highest BCUT2D eigenvalue weighted by molar-refractivity contribution is 7.89. The molecule has 0 radical (unpaired) electrons. The van der Waals surface area contributed by atoms with Crippen LogP contribution in [0.1, 0.15) is 48.3 Å². The molecule has 0 aliphatic carbocycles. The molecule has 3 rings (SSSR count). The Morgan fingerprint density at radius 1 is 1.00 bits per heavy atom. The van der Waals surface area contributed by atoms with E-state index >= 15 is 0 Å². The maximum absolute atomic E-state index is 14.3. The van der Waals surface area contributed by atoms with Crippen LogP contribution in [0.2, 0.25) is 0 Å². The second kappa shape index (κ2) is 11.3. The minimum absolute atomic E-state index is 0.0611. The summed E-state index contributed by atoms with van der Waals surface area (Å²) in [5.74, 6) is -0.368. The van der Waals surface area contributed by atoms with E-state index in [-0.39, 0.29) is 29.1 Å². The van der Waals surface area contributed by atoms with Crippen LogP contribution in [-0.2, 0) is 16.6 Å². The van der Waals surface area contributed by atoms with Gasteiger partial charge in [0, 0.05) is 29.4 Å².